The van der Waals surface area contributed by atoms with Crippen molar-refractivity contribution >= 4 is 17.8 Å². The molecule has 4 rings (SSSR count). The molecule has 29 heavy (non-hydrogen) atoms. The van der Waals surface area contributed by atoms with Crippen LogP contribution in [0, 0.1) is 5.41 Å². The monoisotopic (exact) mass is 395 g/mol. The standard InChI is InChI=1S/C21H26N6O2/c22-18(26-20(29)27-10-1-3-17(27)13-28)21(8-2-9-21)16-6-4-14(5-7-16)15-11-24-19(23)25-12-15/h4-7,11-12,17,28H,1-3,8-10,13H2,(H2,22,26,29)(H2,23,24,25)/p+1/t17-/m0/s1. The van der Waals surface area contributed by atoms with Gasteiger partial charge in [0.15, 0.2) is 0 Å². The summed E-state index contributed by atoms with van der Waals surface area (Å²) >= 11 is 0. The molecule has 152 valence electrons. The fraction of sp³-hybridized carbons (Fsp3) is 0.429. The van der Waals surface area contributed by atoms with Crippen molar-refractivity contribution in [2.24, 2.45) is 4.99 Å². The van der Waals surface area contributed by atoms with E-state index in [-0.39, 0.29) is 30.5 Å². The molecule has 1 aliphatic heterocycles. The van der Waals surface area contributed by atoms with Crippen molar-refractivity contribution in [1.29, 1.82) is 5.41 Å². The van der Waals surface area contributed by atoms with Crippen LogP contribution in [-0.2, 0) is 5.41 Å². The third kappa shape index (κ3) is 3.55. The van der Waals surface area contributed by atoms with E-state index in [1.807, 2.05) is 29.2 Å². The van der Waals surface area contributed by atoms with Gasteiger partial charge in [-0.25, -0.2) is 9.97 Å². The highest BCUT2D eigenvalue weighted by molar-refractivity contribution is 5.99. The normalized spacial score (nSPS) is 21.1. The maximum atomic E-state index is 9.50. The third-order valence-corrected chi connectivity index (χ3v) is 6.18. The highest BCUT2D eigenvalue weighted by atomic mass is 16.3. The molecule has 0 spiro atoms. The molecule has 2 fully saturated rings. The van der Waals surface area contributed by atoms with Crippen molar-refractivity contribution in [3.05, 3.63) is 42.2 Å². The van der Waals surface area contributed by atoms with E-state index in [9.17, 15) is 5.11 Å². The molecule has 0 amide bonds. The van der Waals surface area contributed by atoms with Gasteiger partial charge in [0.25, 0.3) is 0 Å². The van der Waals surface area contributed by atoms with E-state index < -0.39 is 5.41 Å². The van der Waals surface area contributed by atoms with Gasteiger partial charge in [0.2, 0.25) is 5.95 Å². The van der Waals surface area contributed by atoms with Crippen LogP contribution in [0.25, 0.3) is 11.1 Å². The summed E-state index contributed by atoms with van der Waals surface area (Å²) in [6, 6.07) is 8.11. The first-order valence-corrected chi connectivity index (χ1v) is 9.99. The van der Waals surface area contributed by atoms with Gasteiger partial charge in [0.05, 0.1) is 18.1 Å². The Balaban J connectivity index is 1.56. The lowest BCUT2D eigenvalue weighted by molar-refractivity contribution is 0.192. The fourth-order valence-corrected chi connectivity index (χ4v) is 4.24. The van der Waals surface area contributed by atoms with Crippen molar-refractivity contribution in [1.82, 2.24) is 14.9 Å². The molecule has 6 N–H and O–H groups in total. The van der Waals surface area contributed by atoms with Crippen LogP contribution >= 0.6 is 0 Å². The average molecular weight is 395 g/mol. The number of likely N-dealkylation sites (tertiary alicyclic amines) is 1. The Bertz CT molecular complexity index is 906. The van der Waals surface area contributed by atoms with Crippen LogP contribution in [0.1, 0.15) is 37.7 Å². The van der Waals surface area contributed by atoms with E-state index in [4.69, 9.17) is 16.2 Å². The molecule has 8 nitrogen and oxygen atoms in total. The summed E-state index contributed by atoms with van der Waals surface area (Å²) < 4.78 is 0. The topological polar surface area (TPSA) is 134 Å². The Morgan fingerprint density at radius 2 is 1.90 bits per heavy atom. The van der Waals surface area contributed by atoms with Crippen LogP contribution in [0.5, 0.6) is 0 Å². The second-order valence-corrected chi connectivity index (χ2v) is 7.80. The lowest BCUT2D eigenvalue weighted by atomic mass is 9.63. The number of aliphatic hydroxyl groups excluding tert-OH is 1. The van der Waals surface area contributed by atoms with Crippen LogP contribution < -0.4 is 5.73 Å². The van der Waals surface area contributed by atoms with Crippen molar-refractivity contribution < 1.29 is 10.2 Å². The highest BCUT2D eigenvalue weighted by Gasteiger charge is 2.44. The van der Waals surface area contributed by atoms with Gasteiger partial charge in [-0.3, -0.25) is 10.3 Å². The number of nitrogen functional groups attached to an aromatic ring is 1. The summed E-state index contributed by atoms with van der Waals surface area (Å²) in [6.07, 6.45) is 7.96. The zero-order valence-corrected chi connectivity index (χ0v) is 16.3. The number of nitrogens with one attached hydrogen (secondary N) is 1. The van der Waals surface area contributed by atoms with Gasteiger partial charge >= 0.3 is 6.02 Å². The van der Waals surface area contributed by atoms with Crippen molar-refractivity contribution in [3.8, 4) is 11.1 Å². The van der Waals surface area contributed by atoms with E-state index >= 15 is 0 Å². The molecule has 0 bridgehead atoms. The molecule has 1 aromatic carbocycles. The van der Waals surface area contributed by atoms with E-state index in [0.29, 0.717) is 6.54 Å². The number of rotatable bonds is 4. The highest BCUT2D eigenvalue weighted by Crippen LogP contribution is 2.45. The van der Waals surface area contributed by atoms with E-state index in [0.717, 1.165) is 48.8 Å². The average Bonchev–Trinajstić information content (AvgIpc) is 3.17. The summed E-state index contributed by atoms with van der Waals surface area (Å²) in [6.45, 7) is 0.735. The quantitative estimate of drug-likeness (QED) is 0.411. The summed E-state index contributed by atoms with van der Waals surface area (Å²) in [5.74, 6) is 0.485. The first-order chi connectivity index (χ1) is 14.0. The second-order valence-electron chi connectivity index (χ2n) is 7.80. The molecule has 1 aromatic heterocycles. The van der Waals surface area contributed by atoms with Crippen LogP contribution in [0.15, 0.2) is 41.7 Å². The van der Waals surface area contributed by atoms with Crippen LogP contribution in [0.4, 0.5) is 5.95 Å². The lowest BCUT2D eigenvalue weighted by Gasteiger charge is -2.41. The number of nitrogens with two attached hydrogens (primary N) is 1. The minimum Gasteiger partial charge on any atom is -0.565 e. The minimum absolute atomic E-state index is 0.0205. The molecule has 1 saturated heterocycles. The number of aliphatic hydroxyl groups is 1. The van der Waals surface area contributed by atoms with E-state index in [1.165, 1.54) is 0 Å². The van der Waals surface area contributed by atoms with Crippen LogP contribution in [-0.4, -0.2) is 56.1 Å². The van der Waals surface area contributed by atoms with Gasteiger partial charge in [-0.2, -0.15) is 0 Å². The summed E-state index contributed by atoms with van der Waals surface area (Å²) in [4.78, 5) is 14.3. The van der Waals surface area contributed by atoms with Gasteiger partial charge in [-0.15, -0.1) is 4.99 Å². The molecule has 2 aromatic rings. The number of anilines is 1. The summed E-state index contributed by atoms with van der Waals surface area (Å²) in [5.41, 5.74) is 8.05. The van der Waals surface area contributed by atoms with Crippen molar-refractivity contribution in [2.45, 2.75) is 43.6 Å². The molecule has 2 heterocycles. The fourth-order valence-electron chi connectivity index (χ4n) is 4.24. The number of benzene rings is 1. The third-order valence-electron chi connectivity index (χ3n) is 6.18. The molecule has 1 atom stereocenters. The second kappa shape index (κ2) is 7.79. The maximum absolute atomic E-state index is 9.50. The van der Waals surface area contributed by atoms with Crippen molar-refractivity contribution in [3.63, 3.8) is 0 Å². The molecule has 8 heteroatoms. The first-order valence-electron chi connectivity index (χ1n) is 9.99. The van der Waals surface area contributed by atoms with Gasteiger partial charge in [-0.05, 0) is 36.8 Å². The number of aromatic nitrogens is 2. The largest absolute Gasteiger partial charge is 0.565 e. The molecule has 0 unspecified atom stereocenters. The number of hydrogen-bond acceptors (Lipinski definition) is 5. The van der Waals surface area contributed by atoms with Crippen LogP contribution in [0.2, 0.25) is 0 Å². The zero-order chi connectivity index (χ0) is 20.4. The molecular formula is C21H27N6O2+. The Kier molecular flexibility index (Phi) is 5.19. The van der Waals surface area contributed by atoms with Gasteiger partial charge in [0, 0.05) is 24.5 Å². The SMILES string of the molecule is N=C(N=C([OH2+])N1CCC[C@H]1CO)C1(c2ccc(-c3cnc(N)nc3)cc2)CCC1. The Morgan fingerprint density at radius 1 is 1.21 bits per heavy atom. The summed E-state index contributed by atoms with van der Waals surface area (Å²) in [7, 11) is 0. The Labute approximate surface area is 169 Å². The molecule has 0 radical (unpaired) electrons. The zero-order valence-electron chi connectivity index (χ0n) is 16.3. The molecular weight excluding hydrogens is 368 g/mol. The molecule has 1 saturated carbocycles. The lowest BCUT2D eigenvalue weighted by Crippen LogP contribution is -2.43. The minimum atomic E-state index is -0.434. The van der Waals surface area contributed by atoms with Gasteiger partial charge in [0.1, 0.15) is 5.84 Å². The number of aliphatic imine (C=N–C) groups is 1. The number of nitrogens with zero attached hydrogens (tertiary/aromatic N) is 4. The van der Waals surface area contributed by atoms with Crippen molar-refractivity contribution in [2.75, 3.05) is 18.9 Å². The van der Waals surface area contributed by atoms with E-state index in [2.05, 4.69) is 15.0 Å². The number of hydrogen-bond donors (Lipinski definition) is 3. The molecule has 1 aliphatic carbocycles. The van der Waals surface area contributed by atoms with Gasteiger partial charge in [-0.1, -0.05) is 30.7 Å². The number of amidine groups is 2. The van der Waals surface area contributed by atoms with Gasteiger partial charge < -0.3 is 15.9 Å². The molecule has 2 aliphatic rings. The Morgan fingerprint density at radius 3 is 2.48 bits per heavy atom. The van der Waals surface area contributed by atoms with E-state index in [1.54, 1.807) is 12.4 Å². The predicted octanol–water partition coefficient (Wildman–Crippen LogP) is 1.66. The first kappa shape index (κ1) is 19.3. The smallest absolute Gasteiger partial charge is 0.445 e. The Hall–Kier alpha value is -3.00. The predicted molar refractivity (Wildman–Crippen MR) is 113 cm³/mol. The summed E-state index contributed by atoms with van der Waals surface area (Å²) in [5, 5.41) is 26.5. The maximum Gasteiger partial charge on any atom is 0.445 e. The van der Waals surface area contributed by atoms with Crippen LogP contribution in [0.3, 0.4) is 0 Å².